The molecule has 1 amide bonds. The van der Waals surface area contributed by atoms with Crippen LogP contribution in [-0.2, 0) is 14.9 Å². The van der Waals surface area contributed by atoms with Crippen molar-refractivity contribution in [1.82, 2.24) is 0 Å². The fraction of sp³-hybridized carbons (Fsp3) is 0.440. The predicted molar refractivity (Wildman–Crippen MR) is 118 cm³/mol. The molecule has 3 rings (SSSR count). The molecule has 0 spiro atoms. The number of anilines is 1. The molecule has 1 aliphatic carbocycles. The summed E-state index contributed by atoms with van der Waals surface area (Å²) in [5.74, 6) is 0.00399. The Hall–Kier alpha value is -2.82. The third kappa shape index (κ3) is 4.84. The van der Waals surface area contributed by atoms with Crippen molar-refractivity contribution in [1.29, 1.82) is 0 Å². The molecule has 0 unspecified atom stereocenters. The number of carbonyl (C=O) groups excluding carboxylic acids is 2. The van der Waals surface area contributed by atoms with Gasteiger partial charge in [-0.05, 0) is 49.9 Å². The molecule has 0 aliphatic heterocycles. The molecule has 0 saturated heterocycles. The lowest BCUT2D eigenvalue weighted by Crippen LogP contribution is -2.42. The van der Waals surface area contributed by atoms with Crippen LogP contribution in [0.1, 0.15) is 68.3 Å². The number of rotatable bonds is 8. The summed E-state index contributed by atoms with van der Waals surface area (Å²) in [4.78, 5) is 25.9. The van der Waals surface area contributed by atoms with Gasteiger partial charge in [0.1, 0.15) is 11.3 Å². The van der Waals surface area contributed by atoms with Crippen LogP contribution in [0.5, 0.6) is 5.75 Å². The van der Waals surface area contributed by atoms with Crippen molar-refractivity contribution in [2.75, 3.05) is 18.5 Å². The lowest BCUT2D eigenvalue weighted by Gasteiger charge is -2.36. The highest BCUT2D eigenvalue weighted by Crippen LogP contribution is 2.40. The Bertz CT molecular complexity index is 857. The van der Waals surface area contributed by atoms with Gasteiger partial charge in [-0.2, -0.15) is 0 Å². The van der Waals surface area contributed by atoms with Crippen LogP contribution < -0.4 is 10.1 Å². The van der Waals surface area contributed by atoms with E-state index in [2.05, 4.69) is 5.32 Å². The Morgan fingerprint density at radius 1 is 1.00 bits per heavy atom. The van der Waals surface area contributed by atoms with Crippen LogP contribution in [0.15, 0.2) is 48.5 Å². The minimum absolute atomic E-state index is 0.0227. The summed E-state index contributed by atoms with van der Waals surface area (Å²) < 4.78 is 10.9. The van der Waals surface area contributed by atoms with Gasteiger partial charge in [0.05, 0.1) is 18.6 Å². The van der Waals surface area contributed by atoms with E-state index < -0.39 is 11.4 Å². The molecule has 5 nitrogen and oxygen atoms in total. The van der Waals surface area contributed by atoms with Crippen molar-refractivity contribution in [2.24, 2.45) is 0 Å². The smallest absolute Gasteiger partial charge is 0.341 e. The van der Waals surface area contributed by atoms with Gasteiger partial charge in [-0.25, -0.2) is 4.79 Å². The zero-order valence-corrected chi connectivity index (χ0v) is 17.9. The molecule has 30 heavy (non-hydrogen) atoms. The highest BCUT2D eigenvalue weighted by Gasteiger charge is 2.41. The van der Waals surface area contributed by atoms with Gasteiger partial charge in [0.25, 0.3) is 0 Å². The molecule has 1 aliphatic rings. The monoisotopic (exact) mass is 409 g/mol. The molecule has 1 N–H and O–H groups in total. The molecular weight excluding hydrogens is 378 g/mol. The van der Waals surface area contributed by atoms with Gasteiger partial charge in [-0.15, -0.1) is 0 Å². The van der Waals surface area contributed by atoms with Gasteiger partial charge in [0.2, 0.25) is 5.91 Å². The fourth-order valence-electron chi connectivity index (χ4n) is 4.12. The van der Waals surface area contributed by atoms with Crippen molar-refractivity contribution in [3.8, 4) is 5.75 Å². The first kappa shape index (κ1) is 21.9. The molecule has 1 fully saturated rings. The van der Waals surface area contributed by atoms with Crippen molar-refractivity contribution < 1.29 is 19.1 Å². The van der Waals surface area contributed by atoms with Gasteiger partial charge in [0, 0.05) is 5.69 Å². The van der Waals surface area contributed by atoms with Crippen LogP contribution in [0.25, 0.3) is 0 Å². The van der Waals surface area contributed by atoms with Gasteiger partial charge in [-0.1, -0.05) is 56.5 Å². The maximum Gasteiger partial charge on any atom is 0.341 e. The van der Waals surface area contributed by atoms with E-state index in [9.17, 15) is 9.59 Å². The first-order chi connectivity index (χ1) is 14.6. The Morgan fingerprint density at radius 3 is 2.40 bits per heavy atom. The zero-order chi connectivity index (χ0) is 21.4. The number of nitrogens with one attached hydrogen (secondary N) is 1. The molecule has 1 saturated carbocycles. The molecule has 2 aromatic carbocycles. The molecule has 0 bridgehead atoms. The SMILES string of the molecule is CCCOc1ccc(NC(=O)C2(c3ccccc3)CCCCC2)cc1C(=O)OCC. The predicted octanol–water partition coefficient (Wildman–Crippen LogP) is 5.49. The molecule has 0 heterocycles. The maximum atomic E-state index is 13.5. The zero-order valence-electron chi connectivity index (χ0n) is 17.9. The molecule has 2 aromatic rings. The number of esters is 1. The van der Waals surface area contributed by atoms with Gasteiger partial charge >= 0.3 is 5.97 Å². The summed E-state index contributed by atoms with van der Waals surface area (Å²) in [5.41, 5.74) is 1.42. The average molecular weight is 410 g/mol. The van der Waals surface area contributed by atoms with E-state index in [1.807, 2.05) is 37.3 Å². The second kappa shape index (κ2) is 10.3. The van der Waals surface area contributed by atoms with E-state index in [-0.39, 0.29) is 12.5 Å². The quantitative estimate of drug-likeness (QED) is 0.585. The number of hydrogen-bond acceptors (Lipinski definition) is 4. The van der Waals surface area contributed by atoms with Crippen LogP contribution in [-0.4, -0.2) is 25.1 Å². The Balaban J connectivity index is 1.89. The van der Waals surface area contributed by atoms with Gasteiger partial charge < -0.3 is 14.8 Å². The van der Waals surface area contributed by atoms with Crippen LogP contribution in [0, 0.1) is 0 Å². The maximum absolute atomic E-state index is 13.5. The second-order valence-corrected chi connectivity index (χ2v) is 7.74. The number of carbonyl (C=O) groups is 2. The van der Waals surface area contributed by atoms with Crippen molar-refractivity contribution in [3.05, 3.63) is 59.7 Å². The van der Waals surface area contributed by atoms with Crippen LogP contribution in [0.3, 0.4) is 0 Å². The minimum Gasteiger partial charge on any atom is -0.493 e. The Kier molecular flexibility index (Phi) is 7.50. The highest BCUT2D eigenvalue weighted by atomic mass is 16.5. The van der Waals surface area contributed by atoms with Crippen molar-refractivity contribution >= 4 is 17.6 Å². The van der Waals surface area contributed by atoms with Gasteiger partial charge in [-0.3, -0.25) is 4.79 Å². The third-order valence-corrected chi connectivity index (χ3v) is 5.66. The Morgan fingerprint density at radius 2 is 1.73 bits per heavy atom. The highest BCUT2D eigenvalue weighted by molar-refractivity contribution is 6.01. The summed E-state index contributed by atoms with van der Waals surface area (Å²) in [5, 5.41) is 3.07. The number of ether oxygens (including phenoxy) is 2. The molecule has 0 aromatic heterocycles. The summed E-state index contributed by atoms with van der Waals surface area (Å²) in [6.07, 6.45) is 5.69. The van der Waals surface area contributed by atoms with Crippen LogP contribution in [0.4, 0.5) is 5.69 Å². The summed E-state index contributed by atoms with van der Waals surface area (Å²) >= 11 is 0. The third-order valence-electron chi connectivity index (χ3n) is 5.66. The van der Waals surface area contributed by atoms with Gasteiger partial charge in [0.15, 0.2) is 0 Å². The van der Waals surface area contributed by atoms with E-state index >= 15 is 0 Å². The molecule has 0 atom stereocenters. The number of amides is 1. The molecular formula is C25H31NO4. The van der Waals surface area contributed by atoms with E-state index in [0.717, 1.165) is 44.1 Å². The molecule has 160 valence electrons. The lowest BCUT2D eigenvalue weighted by molar-refractivity contribution is -0.122. The summed E-state index contributed by atoms with van der Waals surface area (Å²) in [6, 6.07) is 15.2. The largest absolute Gasteiger partial charge is 0.493 e. The fourth-order valence-corrected chi connectivity index (χ4v) is 4.12. The first-order valence-electron chi connectivity index (χ1n) is 10.9. The van der Waals surface area contributed by atoms with Crippen LogP contribution in [0.2, 0.25) is 0 Å². The van der Waals surface area contributed by atoms with E-state index in [4.69, 9.17) is 9.47 Å². The van der Waals surface area contributed by atoms with Crippen molar-refractivity contribution in [3.63, 3.8) is 0 Å². The normalized spacial score (nSPS) is 15.3. The minimum atomic E-state index is -0.541. The summed E-state index contributed by atoms with van der Waals surface area (Å²) in [6.45, 7) is 4.56. The van der Waals surface area contributed by atoms with E-state index in [0.29, 0.717) is 23.6 Å². The standard InChI is InChI=1S/C25H31NO4/c1-3-17-30-22-14-13-20(18-21(22)23(27)29-4-2)26-24(28)25(15-9-6-10-16-25)19-11-7-5-8-12-19/h5,7-8,11-14,18H,3-4,6,9-10,15-17H2,1-2H3,(H,26,28). The average Bonchev–Trinajstić information content (AvgIpc) is 2.79. The van der Waals surface area contributed by atoms with Crippen LogP contribution >= 0.6 is 0 Å². The lowest BCUT2D eigenvalue weighted by atomic mass is 9.68. The summed E-state index contributed by atoms with van der Waals surface area (Å²) in [7, 11) is 0. The van der Waals surface area contributed by atoms with E-state index in [1.165, 1.54) is 0 Å². The second-order valence-electron chi connectivity index (χ2n) is 7.74. The molecule has 5 heteroatoms. The van der Waals surface area contributed by atoms with E-state index in [1.54, 1.807) is 25.1 Å². The Labute approximate surface area is 178 Å². The first-order valence-corrected chi connectivity index (χ1v) is 10.9. The topological polar surface area (TPSA) is 64.6 Å². The molecule has 0 radical (unpaired) electrons. The van der Waals surface area contributed by atoms with Crippen molar-refractivity contribution in [2.45, 2.75) is 57.8 Å². The number of hydrogen-bond donors (Lipinski definition) is 1. The number of benzene rings is 2.